The van der Waals surface area contributed by atoms with Gasteiger partial charge in [0.05, 0.1) is 12.1 Å². The third-order valence-electron chi connectivity index (χ3n) is 3.15. The second kappa shape index (κ2) is 7.53. The first kappa shape index (κ1) is 14.4. The summed E-state index contributed by atoms with van der Waals surface area (Å²) < 4.78 is 5.23. The van der Waals surface area contributed by atoms with Gasteiger partial charge in [-0.3, -0.25) is 4.79 Å². The van der Waals surface area contributed by atoms with E-state index >= 15 is 0 Å². The van der Waals surface area contributed by atoms with Crippen LogP contribution in [0.1, 0.15) is 6.42 Å². The molecule has 2 unspecified atom stereocenters. The number of methoxy groups -OCH3 is 1. The first-order chi connectivity index (χ1) is 9.29. The van der Waals surface area contributed by atoms with Gasteiger partial charge in [-0.2, -0.15) is 0 Å². The van der Waals surface area contributed by atoms with Crippen LogP contribution in [-0.2, 0) is 9.53 Å². The van der Waals surface area contributed by atoms with Crippen LogP contribution in [0, 0.1) is 0 Å². The highest BCUT2D eigenvalue weighted by Crippen LogP contribution is 2.16. The van der Waals surface area contributed by atoms with Gasteiger partial charge in [-0.1, -0.05) is 18.2 Å². The number of benzene rings is 1. The van der Waals surface area contributed by atoms with E-state index in [4.69, 9.17) is 4.74 Å². The van der Waals surface area contributed by atoms with Crippen molar-refractivity contribution in [3.05, 3.63) is 30.3 Å². The molecule has 1 saturated heterocycles. The Labute approximate surface area is 118 Å². The highest BCUT2D eigenvalue weighted by molar-refractivity contribution is 7.99. The van der Waals surface area contributed by atoms with Crippen LogP contribution in [0.15, 0.2) is 35.2 Å². The number of amides is 1. The van der Waals surface area contributed by atoms with Crippen LogP contribution in [0.3, 0.4) is 0 Å². The molecule has 0 spiro atoms. The molecule has 2 rings (SSSR count). The zero-order chi connectivity index (χ0) is 13.5. The highest BCUT2D eigenvalue weighted by Gasteiger charge is 2.28. The van der Waals surface area contributed by atoms with Crippen molar-refractivity contribution in [2.75, 3.05) is 26.0 Å². The van der Waals surface area contributed by atoms with Crippen molar-refractivity contribution in [3.63, 3.8) is 0 Å². The Bertz CT molecular complexity index is 400. The number of hydrogen-bond donors (Lipinski definition) is 2. The van der Waals surface area contributed by atoms with E-state index in [1.165, 1.54) is 4.90 Å². The third-order valence-corrected chi connectivity index (χ3v) is 4.17. The van der Waals surface area contributed by atoms with Crippen LogP contribution >= 0.6 is 11.8 Å². The lowest BCUT2D eigenvalue weighted by atomic mass is 10.2. The number of carbonyl (C=O) groups is 1. The topological polar surface area (TPSA) is 50.4 Å². The monoisotopic (exact) mass is 280 g/mol. The third kappa shape index (κ3) is 4.53. The number of hydrogen-bond acceptors (Lipinski definition) is 4. The van der Waals surface area contributed by atoms with Crippen molar-refractivity contribution in [1.82, 2.24) is 10.6 Å². The smallest absolute Gasteiger partial charge is 0.237 e. The molecule has 104 valence electrons. The fourth-order valence-corrected chi connectivity index (χ4v) is 2.86. The Balaban J connectivity index is 1.62. The molecule has 1 aliphatic heterocycles. The number of carbonyl (C=O) groups excluding carboxylic acids is 1. The minimum absolute atomic E-state index is 0.0770. The summed E-state index contributed by atoms with van der Waals surface area (Å²) in [6.45, 7) is 1.45. The number of ether oxygens (including phenoxy) is 1. The van der Waals surface area contributed by atoms with Gasteiger partial charge in [-0.05, 0) is 18.6 Å². The Kier molecular flexibility index (Phi) is 5.69. The number of rotatable bonds is 6. The molecule has 0 aliphatic carbocycles. The average Bonchev–Trinajstić information content (AvgIpc) is 2.93. The molecule has 0 radical (unpaired) electrons. The molecule has 0 saturated carbocycles. The van der Waals surface area contributed by atoms with Gasteiger partial charge < -0.3 is 15.4 Å². The quantitative estimate of drug-likeness (QED) is 0.609. The highest BCUT2D eigenvalue weighted by atomic mass is 32.2. The summed E-state index contributed by atoms with van der Waals surface area (Å²) in [4.78, 5) is 13.1. The van der Waals surface area contributed by atoms with E-state index in [1.54, 1.807) is 18.9 Å². The molecular formula is C14H20N2O2S. The van der Waals surface area contributed by atoms with Gasteiger partial charge in [0.1, 0.15) is 0 Å². The average molecular weight is 280 g/mol. The minimum Gasteiger partial charge on any atom is -0.380 e. The maximum atomic E-state index is 11.9. The lowest BCUT2D eigenvalue weighted by molar-refractivity contribution is -0.122. The van der Waals surface area contributed by atoms with Crippen molar-refractivity contribution >= 4 is 17.7 Å². The summed E-state index contributed by atoms with van der Waals surface area (Å²) in [6, 6.07) is 10.1. The van der Waals surface area contributed by atoms with Gasteiger partial charge in [-0.25, -0.2) is 0 Å². The molecule has 0 bridgehead atoms. The van der Waals surface area contributed by atoms with Gasteiger partial charge in [0, 0.05) is 30.8 Å². The first-order valence-electron chi connectivity index (χ1n) is 6.51. The van der Waals surface area contributed by atoms with Crippen LogP contribution < -0.4 is 10.6 Å². The molecule has 1 amide bonds. The van der Waals surface area contributed by atoms with Crippen molar-refractivity contribution in [1.29, 1.82) is 0 Å². The van der Waals surface area contributed by atoms with E-state index in [2.05, 4.69) is 22.8 Å². The standard InChI is InChI=1S/C14H20N2O2S/c1-18-11-9-13(16-10-11)14(17)15-7-8-19-12-5-3-2-4-6-12/h2-6,11,13,16H,7-10H2,1H3,(H,15,17). The SMILES string of the molecule is COC1CNC(C(=O)NCCSc2ccccc2)C1. The summed E-state index contributed by atoms with van der Waals surface area (Å²) in [5.41, 5.74) is 0. The molecule has 1 aromatic carbocycles. The molecule has 2 atom stereocenters. The van der Waals surface area contributed by atoms with E-state index in [9.17, 15) is 4.79 Å². The van der Waals surface area contributed by atoms with Crippen LogP contribution in [0.2, 0.25) is 0 Å². The van der Waals surface area contributed by atoms with E-state index in [0.29, 0.717) is 6.54 Å². The molecule has 19 heavy (non-hydrogen) atoms. The van der Waals surface area contributed by atoms with E-state index in [0.717, 1.165) is 18.7 Å². The maximum Gasteiger partial charge on any atom is 0.237 e. The molecule has 1 aromatic rings. The van der Waals surface area contributed by atoms with Crippen LogP contribution in [0.5, 0.6) is 0 Å². The van der Waals surface area contributed by atoms with E-state index in [-0.39, 0.29) is 18.1 Å². The largest absolute Gasteiger partial charge is 0.380 e. The van der Waals surface area contributed by atoms with Gasteiger partial charge in [0.2, 0.25) is 5.91 Å². The summed E-state index contributed by atoms with van der Waals surface area (Å²) in [7, 11) is 1.68. The van der Waals surface area contributed by atoms with Crippen LogP contribution in [-0.4, -0.2) is 44.0 Å². The Morgan fingerprint density at radius 3 is 2.95 bits per heavy atom. The first-order valence-corrected chi connectivity index (χ1v) is 7.50. The normalized spacial score (nSPS) is 22.4. The van der Waals surface area contributed by atoms with Gasteiger partial charge >= 0.3 is 0 Å². The zero-order valence-electron chi connectivity index (χ0n) is 11.1. The summed E-state index contributed by atoms with van der Waals surface area (Å²) in [6.07, 6.45) is 0.920. The Morgan fingerprint density at radius 2 is 2.26 bits per heavy atom. The molecule has 5 heteroatoms. The van der Waals surface area contributed by atoms with Gasteiger partial charge in [0.15, 0.2) is 0 Å². The van der Waals surface area contributed by atoms with Crippen molar-refractivity contribution in [2.45, 2.75) is 23.5 Å². The lowest BCUT2D eigenvalue weighted by Gasteiger charge is -2.11. The predicted octanol–water partition coefficient (Wildman–Crippen LogP) is 1.27. The van der Waals surface area contributed by atoms with E-state index < -0.39 is 0 Å². The Morgan fingerprint density at radius 1 is 1.47 bits per heavy atom. The zero-order valence-corrected chi connectivity index (χ0v) is 11.9. The molecule has 1 fully saturated rings. The van der Waals surface area contributed by atoms with Crippen LogP contribution in [0.25, 0.3) is 0 Å². The predicted molar refractivity (Wildman–Crippen MR) is 77.4 cm³/mol. The number of thioether (sulfide) groups is 1. The lowest BCUT2D eigenvalue weighted by Crippen LogP contribution is -2.41. The minimum atomic E-state index is -0.105. The van der Waals surface area contributed by atoms with Crippen molar-refractivity contribution in [2.24, 2.45) is 0 Å². The summed E-state index contributed by atoms with van der Waals surface area (Å²) in [5, 5.41) is 6.13. The fraction of sp³-hybridized carbons (Fsp3) is 0.500. The van der Waals surface area contributed by atoms with Crippen molar-refractivity contribution < 1.29 is 9.53 Å². The molecule has 2 N–H and O–H groups in total. The van der Waals surface area contributed by atoms with Gasteiger partial charge in [-0.15, -0.1) is 11.8 Å². The molecule has 1 heterocycles. The van der Waals surface area contributed by atoms with Crippen molar-refractivity contribution in [3.8, 4) is 0 Å². The van der Waals surface area contributed by atoms with E-state index in [1.807, 2.05) is 18.2 Å². The molecule has 4 nitrogen and oxygen atoms in total. The number of nitrogens with one attached hydrogen (secondary N) is 2. The summed E-state index contributed by atoms with van der Waals surface area (Å²) >= 11 is 1.75. The molecule has 0 aromatic heterocycles. The van der Waals surface area contributed by atoms with Crippen LogP contribution in [0.4, 0.5) is 0 Å². The second-order valence-corrected chi connectivity index (χ2v) is 5.68. The molecular weight excluding hydrogens is 260 g/mol. The summed E-state index contributed by atoms with van der Waals surface area (Å²) in [5.74, 6) is 0.962. The van der Waals surface area contributed by atoms with Gasteiger partial charge in [0.25, 0.3) is 0 Å². The fourth-order valence-electron chi connectivity index (χ4n) is 2.07. The maximum absolute atomic E-state index is 11.9. The Hall–Kier alpha value is -1.04. The molecule has 1 aliphatic rings. The second-order valence-electron chi connectivity index (χ2n) is 4.51.